The molecule has 0 amide bonds. The van der Waals surface area contributed by atoms with Gasteiger partial charge in [-0.3, -0.25) is 0 Å². The first-order chi connectivity index (χ1) is 10.1. The van der Waals surface area contributed by atoms with Gasteiger partial charge < -0.3 is 14.8 Å². The fraction of sp³-hybridized carbons (Fsp3) is 0.667. The van der Waals surface area contributed by atoms with Gasteiger partial charge in [0.15, 0.2) is 0 Å². The number of hydrogen-bond acceptors (Lipinski definition) is 3. The van der Waals surface area contributed by atoms with Crippen LogP contribution in [0.2, 0.25) is 0 Å². The van der Waals surface area contributed by atoms with Crippen LogP contribution in [0.5, 0.6) is 5.75 Å². The molecule has 5 atom stereocenters. The van der Waals surface area contributed by atoms with Crippen molar-refractivity contribution in [3.8, 4) is 5.75 Å². The molecular weight excluding hydrogens is 262 g/mol. The number of ether oxygens (including phenoxy) is 2. The smallest absolute Gasteiger partial charge is 0.127 e. The summed E-state index contributed by atoms with van der Waals surface area (Å²) in [6.45, 7) is 10.7. The van der Waals surface area contributed by atoms with E-state index in [0.717, 1.165) is 25.3 Å². The minimum atomic E-state index is 0.274. The predicted octanol–water partition coefficient (Wildman–Crippen LogP) is 3.33. The SMILES string of the molecule is CCNC(c1cccc2c1OCC2)C1C(C)OC(C)C1C. The van der Waals surface area contributed by atoms with Crippen molar-refractivity contribution in [1.29, 1.82) is 0 Å². The molecule has 0 saturated carbocycles. The Bertz CT molecular complexity index is 502. The molecule has 0 aromatic heterocycles. The molecule has 1 saturated heterocycles. The summed E-state index contributed by atoms with van der Waals surface area (Å²) in [7, 11) is 0. The van der Waals surface area contributed by atoms with E-state index in [4.69, 9.17) is 9.47 Å². The summed E-state index contributed by atoms with van der Waals surface area (Å²) in [6.07, 6.45) is 1.63. The first kappa shape index (κ1) is 14.9. The quantitative estimate of drug-likeness (QED) is 0.922. The summed E-state index contributed by atoms with van der Waals surface area (Å²) in [6, 6.07) is 6.88. The van der Waals surface area contributed by atoms with Crippen LogP contribution in [0.4, 0.5) is 0 Å². The first-order valence-electron chi connectivity index (χ1n) is 8.27. The third-order valence-corrected chi connectivity index (χ3v) is 5.21. The lowest BCUT2D eigenvalue weighted by Crippen LogP contribution is -2.35. The summed E-state index contributed by atoms with van der Waals surface area (Å²) in [5.74, 6) is 2.14. The van der Waals surface area contributed by atoms with Crippen LogP contribution < -0.4 is 10.1 Å². The molecule has 3 heteroatoms. The highest BCUT2D eigenvalue weighted by Crippen LogP contribution is 2.44. The fourth-order valence-electron chi connectivity index (χ4n) is 4.03. The molecular formula is C18H27NO2. The van der Waals surface area contributed by atoms with Gasteiger partial charge in [-0.05, 0) is 31.9 Å². The largest absolute Gasteiger partial charge is 0.493 e. The average Bonchev–Trinajstić information content (AvgIpc) is 3.03. The van der Waals surface area contributed by atoms with Crippen molar-refractivity contribution in [2.45, 2.75) is 52.4 Å². The molecule has 0 bridgehead atoms. The van der Waals surface area contributed by atoms with Crippen molar-refractivity contribution in [1.82, 2.24) is 5.32 Å². The Labute approximate surface area is 128 Å². The Morgan fingerprint density at radius 1 is 1.24 bits per heavy atom. The van der Waals surface area contributed by atoms with Crippen LogP contribution in [0.1, 0.15) is 44.9 Å². The maximum Gasteiger partial charge on any atom is 0.127 e. The van der Waals surface area contributed by atoms with E-state index in [1.807, 2.05) is 0 Å². The van der Waals surface area contributed by atoms with E-state index in [1.165, 1.54) is 11.1 Å². The molecule has 1 fully saturated rings. The van der Waals surface area contributed by atoms with E-state index in [1.54, 1.807) is 0 Å². The van der Waals surface area contributed by atoms with Gasteiger partial charge >= 0.3 is 0 Å². The first-order valence-corrected chi connectivity index (χ1v) is 8.27. The van der Waals surface area contributed by atoms with Crippen LogP contribution in [0, 0.1) is 11.8 Å². The Morgan fingerprint density at radius 2 is 2.05 bits per heavy atom. The summed E-state index contributed by atoms with van der Waals surface area (Å²) >= 11 is 0. The second-order valence-electron chi connectivity index (χ2n) is 6.45. The van der Waals surface area contributed by atoms with Crippen LogP contribution >= 0.6 is 0 Å². The standard InChI is InChI=1S/C18H27NO2/c1-5-19-17(16-11(2)12(3)21-13(16)4)15-8-6-7-14-9-10-20-18(14)15/h6-8,11-13,16-17,19H,5,9-10H2,1-4H3. The van der Waals surface area contributed by atoms with E-state index in [2.05, 4.69) is 51.2 Å². The molecule has 116 valence electrons. The summed E-state index contributed by atoms with van der Waals surface area (Å²) in [4.78, 5) is 0. The van der Waals surface area contributed by atoms with Crippen molar-refractivity contribution in [2.75, 3.05) is 13.2 Å². The highest BCUT2D eigenvalue weighted by atomic mass is 16.5. The van der Waals surface area contributed by atoms with E-state index < -0.39 is 0 Å². The van der Waals surface area contributed by atoms with Gasteiger partial charge in [0.25, 0.3) is 0 Å². The maximum absolute atomic E-state index is 6.07. The Morgan fingerprint density at radius 3 is 2.71 bits per heavy atom. The number of fused-ring (bicyclic) bond motifs is 1. The zero-order chi connectivity index (χ0) is 15.0. The monoisotopic (exact) mass is 289 g/mol. The Balaban J connectivity index is 1.97. The predicted molar refractivity (Wildman–Crippen MR) is 84.7 cm³/mol. The molecule has 3 rings (SSSR count). The Hall–Kier alpha value is -1.06. The molecule has 1 aromatic rings. The zero-order valence-electron chi connectivity index (χ0n) is 13.6. The summed E-state index contributed by atoms with van der Waals surface area (Å²) < 4.78 is 12.0. The van der Waals surface area contributed by atoms with Crippen LogP contribution in [-0.2, 0) is 11.2 Å². The summed E-state index contributed by atoms with van der Waals surface area (Å²) in [5.41, 5.74) is 2.66. The van der Waals surface area contributed by atoms with E-state index >= 15 is 0 Å². The maximum atomic E-state index is 6.07. The molecule has 21 heavy (non-hydrogen) atoms. The molecule has 2 aliphatic rings. The number of nitrogens with one attached hydrogen (secondary N) is 1. The van der Waals surface area contributed by atoms with Crippen LogP contribution in [-0.4, -0.2) is 25.4 Å². The third-order valence-electron chi connectivity index (χ3n) is 5.21. The van der Waals surface area contributed by atoms with E-state index in [0.29, 0.717) is 24.0 Å². The van der Waals surface area contributed by atoms with Gasteiger partial charge in [0.05, 0.1) is 18.8 Å². The molecule has 5 unspecified atom stereocenters. The van der Waals surface area contributed by atoms with Gasteiger partial charge in [-0.15, -0.1) is 0 Å². The highest BCUT2D eigenvalue weighted by Gasteiger charge is 2.43. The molecule has 0 spiro atoms. The normalized spacial score (nSPS) is 32.8. The lowest BCUT2D eigenvalue weighted by molar-refractivity contribution is 0.0475. The van der Waals surface area contributed by atoms with Crippen LogP contribution in [0.25, 0.3) is 0 Å². The van der Waals surface area contributed by atoms with Crippen molar-refractivity contribution in [2.24, 2.45) is 11.8 Å². The van der Waals surface area contributed by atoms with Gasteiger partial charge in [0.2, 0.25) is 0 Å². The van der Waals surface area contributed by atoms with Crippen molar-refractivity contribution in [3.63, 3.8) is 0 Å². The third kappa shape index (κ3) is 2.58. The minimum Gasteiger partial charge on any atom is -0.493 e. The molecule has 2 aliphatic heterocycles. The summed E-state index contributed by atoms with van der Waals surface area (Å²) in [5, 5.41) is 3.69. The lowest BCUT2D eigenvalue weighted by atomic mass is 9.80. The second kappa shape index (κ2) is 5.98. The number of rotatable bonds is 4. The molecule has 3 nitrogen and oxygen atoms in total. The van der Waals surface area contributed by atoms with Crippen LogP contribution in [0.15, 0.2) is 18.2 Å². The second-order valence-corrected chi connectivity index (χ2v) is 6.45. The zero-order valence-corrected chi connectivity index (χ0v) is 13.6. The van der Waals surface area contributed by atoms with Gasteiger partial charge in [0, 0.05) is 23.9 Å². The Kier molecular flexibility index (Phi) is 4.23. The van der Waals surface area contributed by atoms with Gasteiger partial charge in [-0.25, -0.2) is 0 Å². The fourth-order valence-corrected chi connectivity index (χ4v) is 4.03. The van der Waals surface area contributed by atoms with Crippen molar-refractivity contribution in [3.05, 3.63) is 29.3 Å². The number of hydrogen-bond donors (Lipinski definition) is 1. The van der Waals surface area contributed by atoms with Crippen molar-refractivity contribution < 1.29 is 9.47 Å². The number of para-hydroxylation sites is 1. The molecule has 0 radical (unpaired) electrons. The molecule has 2 heterocycles. The minimum absolute atomic E-state index is 0.274. The van der Waals surface area contributed by atoms with Gasteiger partial charge in [0.1, 0.15) is 5.75 Å². The van der Waals surface area contributed by atoms with Crippen molar-refractivity contribution >= 4 is 0 Å². The average molecular weight is 289 g/mol. The van der Waals surface area contributed by atoms with E-state index in [-0.39, 0.29) is 6.10 Å². The highest BCUT2D eigenvalue weighted by molar-refractivity contribution is 5.46. The van der Waals surface area contributed by atoms with Gasteiger partial charge in [-0.2, -0.15) is 0 Å². The topological polar surface area (TPSA) is 30.5 Å². The molecule has 0 aliphatic carbocycles. The van der Waals surface area contributed by atoms with E-state index in [9.17, 15) is 0 Å². The lowest BCUT2D eigenvalue weighted by Gasteiger charge is -2.31. The number of benzene rings is 1. The van der Waals surface area contributed by atoms with Crippen LogP contribution in [0.3, 0.4) is 0 Å². The molecule has 1 N–H and O–H groups in total. The van der Waals surface area contributed by atoms with Gasteiger partial charge in [-0.1, -0.05) is 32.0 Å². The molecule has 1 aromatic carbocycles.